The monoisotopic (exact) mass is 270 g/mol. The molecule has 1 aliphatic rings. The van der Waals surface area contributed by atoms with Crippen molar-refractivity contribution in [2.24, 2.45) is 0 Å². The molecule has 0 amide bonds. The molecule has 1 saturated heterocycles. The van der Waals surface area contributed by atoms with Gasteiger partial charge in [0, 0.05) is 25.7 Å². The van der Waals surface area contributed by atoms with Gasteiger partial charge in [-0.25, -0.2) is 8.42 Å². The Hall–Kier alpha value is -1.11. The van der Waals surface area contributed by atoms with Crippen LogP contribution in [0.1, 0.15) is 6.92 Å². The van der Waals surface area contributed by atoms with Crippen LogP contribution in [0.15, 0.2) is 29.2 Å². The summed E-state index contributed by atoms with van der Waals surface area (Å²) < 4.78 is 31.7. The largest absolute Gasteiger partial charge is 0.495 e. The highest BCUT2D eigenvalue weighted by molar-refractivity contribution is 7.89. The minimum atomic E-state index is -3.47. The SMILES string of the molecule is COc1ccccc1S(=O)(=O)N1CCN[C@H](C)C1. The van der Waals surface area contributed by atoms with E-state index in [9.17, 15) is 8.42 Å². The topological polar surface area (TPSA) is 58.6 Å². The van der Waals surface area contributed by atoms with Crippen molar-refractivity contribution in [3.05, 3.63) is 24.3 Å². The second kappa shape index (κ2) is 5.26. The van der Waals surface area contributed by atoms with Gasteiger partial charge in [-0.1, -0.05) is 12.1 Å². The molecule has 0 spiro atoms. The van der Waals surface area contributed by atoms with E-state index in [0.29, 0.717) is 25.4 Å². The predicted octanol–water partition coefficient (Wildman–Crippen LogP) is 0.678. The molecule has 18 heavy (non-hydrogen) atoms. The zero-order valence-corrected chi connectivity index (χ0v) is 11.4. The third-order valence-electron chi connectivity index (χ3n) is 3.02. The molecule has 2 rings (SSSR count). The molecule has 0 aromatic heterocycles. The third-order valence-corrected chi connectivity index (χ3v) is 4.92. The first-order valence-electron chi connectivity index (χ1n) is 5.92. The number of rotatable bonds is 3. The average Bonchev–Trinajstić information content (AvgIpc) is 2.38. The van der Waals surface area contributed by atoms with Crippen LogP contribution in [0, 0.1) is 0 Å². The Morgan fingerprint density at radius 2 is 2.11 bits per heavy atom. The maximum Gasteiger partial charge on any atom is 0.246 e. The molecule has 0 bridgehead atoms. The van der Waals surface area contributed by atoms with Gasteiger partial charge in [-0.15, -0.1) is 0 Å². The molecule has 100 valence electrons. The Morgan fingerprint density at radius 1 is 1.39 bits per heavy atom. The molecule has 1 N–H and O–H groups in total. The maximum absolute atomic E-state index is 12.5. The van der Waals surface area contributed by atoms with Gasteiger partial charge in [0.1, 0.15) is 10.6 Å². The summed E-state index contributed by atoms with van der Waals surface area (Å²) in [7, 11) is -1.99. The number of methoxy groups -OCH3 is 1. The molecule has 0 radical (unpaired) electrons. The highest BCUT2D eigenvalue weighted by Crippen LogP contribution is 2.26. The lowest BCUT2D eigenvalue weighted by molar-refractivity contribution is 0.308. The molecule has 1 aromatic carbocycles. The lowest BCUT2D eigenvalue weighted by Crippen LogP contribution is -2.51. The number of hydrogen-bond donors (Lipinski definition) is 1. The van der Waals surface area contributed by atoms with Gasteiger partial charge in [-0.2, -0.15) is 4.31 Å². The molecule has 0 saturated carbocycles. The Labute approximate surface area is 108 Å². The lowest BCUT2D eigenvalue weighted by atomic mass is 10.3. The number of hydrogen-bond acceptors (Lipinski definition) is 4. The molecule has 1 heterocycles. The summed E-state index contributed by atoms with van der Waals surface area (Å²) in [6, 6.07) is 6.89. The van der Waals surface area contributed by atoms with E-state index in [0.717, 1.165) is 0 Å². The van der Waals surface area contributed by atoms with E-state index in [1.807, 2.05) is 6.92 Å². The predicted molar refractivity (Wildman–Crippen MR) is 69.2 cm³/mol. The molecule has 0 aliphatic carbocycles. The van der Waals surface area contributed by atoms with E-state index in [1.165, 1.54) is 11.4 Å². The summed E-state index contributed by atoms with van der Waals surface area (Å²) in [5.74, 6) is 0.392. The van der Waals surface area contributed by atoms with Crippen LogP contribution in [0.25, 0.3) is 0 Å². The Balaban J connectivity index is 2.35. The first-order chi connectivity index (χ1) is 8.55. The fraction of sp³-hybridized carbons (Fsp3) is 0.500. The van der Waals surface area contributed by atoms with Crippen molar-refractivity contribution in [2.45, 2.75) is 17.9 Å². The number of sulfonamides is 1. The normalized spacial score (nSPS) is 21.8. The average molecular weight is 270 g/mol. The van der Waals surface area contributed by atoms with Crippen LogP contribution in [0.5, 0.6) is 5.75 Å². The molecule has 1 aromatic rings. The highest BCUT2D eigenvalue weighted by Gasteiger charge is 2.30. The van der Waals surface area contributed by atoms with Crippen molar-refractivity contribution >= 4 is 10.0 Å². The molecule has 5 nitrogen and oxygen atoms in total. The lowest BCUT2D eigenvalue weighted by Gasteiger charge is -2.31. The summed E-state index contributed by atoms with van der Waals surface area (Å²) in [6.07, 6.45) is 0. The van der Waals surface area contributed by atoms with E-state index in [4.69, 9.17) is 4.74 Å². The van der Waals surface area contributed by atoms with Crippen LogP contribution in [-0.4, -0.2) is 45.5 Å². The highest BCUT2D eigenvalue weighted by atomic mass is 32.2. The summed E-state index contributed by atoms with van der Waals surface area (Å²) >= 11 is 0. The van der Waals surface area contributed by atoms with Gasteiger partial charge in [0.15, 0.2) is 0 Å². The number of benzene rings is 1. The quantitative estimate of drug-likeness (QED) is 0.877. The van der Waals surface area contributed by atoms with Crippen molar-refractivity contribution in [1.29, 1.82) is 0 Å². The van der Waals surface area contributed by atoms with Gasteiger partial charge < -0.3 is 10.1 Å². The smallest absolute Gasteiger partial charge is 0.246 e. The van der Waals surface area contributed by atoms with Crippen molar-refractivity contribution in [3.63, 3.8) is 0 Å². The van der Waals surface area contributed by atoms with Gasteiger partial charge in [-0.05, 0) is 19.1 Å². The summed E-state index contributed by atoms with van der Waals surface area (Å²) in [5, 5.41) is 3.23. The van der Waals surface area contributed by atoms with Gasteiger partial charge in [0.25, 0.3) is 0 Å². The summed E-state index contributed by atoms with van der Waals surface area (Å²) in [5.41, 5.74) is 0. The first-order valence-corrected chi connectivity index (χ1v) is 7.36. The molecule has 0 unspecified atom stereocenters. The molecule has 6 heteroatoms. The Bertz CT molecular complexity index is 516. The van der Waals surface area contributed by atoms with E-state index in [2.05, 4.69) is 5.32 Å². The maximum atomic E-state index is 12.5. The number of ether oxygens (including phenoxy) is 1. The van der Waals surface area contributed by atoms with Gasteiger partial charge >= 0.3 is 0 Å². The van der Waals surface area contributed by atoms with Crippen LogP contribution in [0.4, 0.5) is 0 Å². The number of nitrogens with one attached hydrogen (secondary N) is 1. The van der Waals surface area contributed by atoms with Gasteiger partial charge in [0.2, 0.25) is 10.0 Å². The minimum absolute atomic E-state index is 0.170. The Morgan fingerprint density at radius 3 is 2.78 bits per heavy atom. The van der Waals surface area contributed by atoms with Crippen LogP contribution in [0.3, 0.4) is 0 Å². The van der Waals surface area contributed by atoms with Crippen molar-refractivity contribution in [1.82, 2.24) is 9.62 Å². The fourth-order valence-corrected chi connectivity index (χ4v) is 3.77. The van der Waals surface area contributed by atoms with Crippen LogP contribution in [-0.2, 0) is 10.0 Å². The zero-order valence-electron chi connectivity index (χ0n) is 10.6. The van der Waals surface area contributed by atoms with Crippen LogP contribution < -0.4 is 10.1 Å². The standard InChI is InChI=1S/C12H18N2O3S/c1-10-9-14(8-7-13-10)18(15,16)12-6-4-3-5-11(12)17-2/h3-6,10,13H,7-9H2,1-2H3/t10-/m1/s1. The first kappa shape index (κ1) is 13.3. The zero-order chi connectivity index (χ0) is 13.2. The third kappa shape index (κ3) is 2.50. The second-order valence-corrected chi connectivity index (χ2v) is 6.28. The van der Waals surface area contributed by atoms with E-state index in [-0.39, 0.29) is 10.9 Å². The van der Waals surface area contributed by atoms with E-state index >= 15 is 0 Å². The molecule has 1 atom stereocenters. The summed E-state index contributed by atoms with van der Waals surface area (Å²) in [4.78, 5) is 0.238. The second-order valence-electron chi connectivity index (χ2n) is 4.37. The number of para-hydroxylation sites is 1. The van der Waals surface area contributed by atoms with Gasteiger partial charge in [-0.3, -0.25) is 0 Å². The molecular weight excluding hydrogens is 252 g/mol. The Kier molecular flexibility index (Phi) is 3.89. The van der Waals surface area contributed by atoms with E-state index in [1.54, 1.807) is 24.3 Å². The minimum Gasteiger partial charge on any atom is -0.495 e. The van der Waals surface area contributed by atoms with E-state index < -0.39 is 10.0 Å². The van der Waals surface area contributed by atoms with Crippen molar-refractivity contribution < 1.29 is 13.2 Å². The van der Waals surface area contributed by atoms with Gasteiger partial charge in [0.05, 0.1) is 7.11 Å². The summed E-state index contributed by atoms with van der Waals surface area (Å²) in [6.45, 7) is 3.63. The molecule has 1 aliphatic heterocycles. The van der Waals surface area contributed by atoms with Crippen molar-refractivity contribution in [3.8, 4) is 5.75 Å². The number of piperazine rings is 1. The molecular formula is C12H18N2O3S. The van der Waals surface area contributed by atoms with Crippen LogP contribution >= 0.6 is 0 Å². The van der Waals surface area contributed by atoms with Crippen molar-refractivity contribution in [2.75, 3.05) is 26.7 Å². The van der Waals surface area contributed by atoms with Crippen LogP contribution in [0.2, 0.25) is 0 Å². The fourth-order valence-electron chi connectivity index (χ4n) is 2.09. The molecule has 1 fully saturated rings. The number of nitrogens with zero attached hydrogens (tertiary/aromatic N) is 1.